The van der Waals surface area contributed by atoms with E-state index in [4.69, 9.17) is 9.47 Å². The van der Waals surface area contributed by atoms with Crippen molar-refractivity contribution in [3.8, 4) is 5.75 Å². The Morgan fingerprint density at radius 2 is 2.26 bits per heavy atom. The number of ether oxygens (including phenoxy) is 2. The fourth-order valence-electron chi connectivity index (χ4n) is 3.91. The molecular formula is C18H22N2O3. The van der Waals surface area contributed by atoms with Gasteiger partial charge in [0.1, 0.15) is 12.3 Å². The van der Waals surface area contributed by atoms with Crippen LogP contribution in [0.1, 0.15) is 19.3 Å². The molecule has 2 aromatic rings. The van der Waals surface area contributed by atoms with Gasteiger partial charge in [0, 0.05) is 23.6 Å². The number of fused-ring (bicyclic) bond motifs is 2. The van der Waals surface area contributed by atoms with Crippen LogP contribution in [0.3, 0.4) is 0 Å². The Hall–Kier alpha value is -2.01. The van der Waals surface area contributed by atoms with Gasteiger partial charge in [-0.3, -0.25) is 4.79 Å². The minimum Gasteiger partial charge on any atom is -0.497 e. The third-order valence-corrected chi connectivity index (χ3v) is 5.09. The molecule has 1 aliphatic heterocycles. The van der Waals surface area contributed by atoms with Gasteiger partial charge in [-0.15, -0.1) is 0 Å². The monoisotopic (exact) mass is 314 g/mol. The summed E-state index contributed by atoms with van der Waals surface area (Å²) >= 11 is 0. The highest BCUT2D eigenvalue weighted by molar-refractivity contribution is 5.84. The lowest BCUT2D eigenvalue weighted by atomic mass is 10.1. The number of carbonyl (C=O) groups excluding carboxylic acids is 1. The number of hydrogen-bond acceptors (Lipinski definition) is 3. The van der Waals surface area contributed by atoms with Crippen molar-refractivity contribution < 1.29 is 14.3 Å². The zero-order valence-electron chi connectivity index (χ0n) is 13.4. The molecule has 1 aromatic carbocycles. The van der Waals surface area contributed by atoms with Crippen LogP contribution in [-0.2, 0) is 16.1 Å². The molecule has 2 atom stereocenters. The Kier molecular flexibility index (Phi) is 3.73. The van der Waals surface area contributed by atoms with Gasteiger partial charge in [-0.25, -0.2) is 0 Å². The minimum atomic E-state index is 0.193. The number of carbonyl (C=O) groups is 1. The molecule has 1 aliphatic carbocycles. The van der Waals surface area contributed by atoms with Gasteiger partial charge in [0.15, 0.2) is 0 Å². The molecule has 122 valence electrons. The van der Waals surface area contributed by atoms with Gasteiger partial charge in [-0.05, 0) is 43.5 Å². The Bertz CT molecular complexity index is 724. The molecule has 1 saturated carbocycles. The van der Waals surface area contributed by atoms with Crippen LogP contribution in [0.5, 0.6) is 5.75 Å². The molecule has 0 radical (unpaired) electrons. The predicted octanol–water partition coefficient (Wildman–Crippen LogP) is 2.43. The van der Waals surface area contributed by atoms with Crippen LogP contribution >= 0.6 is 0 Å². The summed E-state index contributed by atoms with van der Waals surface area (Å²) in [6, 6.07) is 8.25. The molecule has 0 N–H and O–H groups in total. The van der Waals surface area contributed by atoms with Gasteiger partial charge in [0.25, 0.3) is 0 Å². The lowest BCUT2D eigenvalue weighted by Gasteiger charge is -2.37. The first-order valence-electron chi connectivity index (χ1n) is 8.30. The van der Waals surface area contributed by atoms with Gasteiger partial charge in [-0.2, -0.15) is 0 Å². The van der Waals surface area contributed by atoms with Crippen molar-refractivity contribution in [2.45, 2.75) is 38.0 Å². The molecule has 1 saturated heterocycles. The van der Waals surface area contributed by atoms with Gasteiger partial charge < -0.3 is 18.9 Å². The standard InChI is InChI=1S/C18H22N2O3/c1-22-14-5-6-15-13(11-14)7-8-19(15)12-18(21)20-9-10-23-17-4-2-3-16(17)20/h5-8,11,16-17H,2-4,9-10,12H2,1H3/t16-,17+/m1/s1. The highest BCUT2D eigenvalue weighted by atomic mass is 16.5. The van der Waals surface area contributed by atoms with E-state index in [1.807, 2.05) is 39.9 Å². The molecular weight excluding hydrogens is 292 g/mol. The van der Waals surface area contributed by atoms with E-state index in [1.165, 1.54) is 0 Å². The van der Waals surface area contributed by atoms with Gasteiger partial charge >= 0.3 is 0 Å². The lowest BCUT2D eigenvalue weighted by molar-refractivity contribution is -0.144. The smallest absolute Gasteiger partial charge is 0.242 e. The van der Waals surface area contributed by atoms with Crippen molar-refractivity contribution in [1.29, 1.82) is 0 Å². The van der Waals surface area contributed by atoms with E-state index >= 15 is 0 Å². The van der Waals surface area contributed by atoms with Crippen molar-refractivity contribution in [3.05, 3.63) is 30.5 Å². The summed E-state index contributed by atoms with van der Waals surface area (Å²) in [7, 11) is 1.66. The average Bonchev–Trinajstić information content (AvgIpc) is 3.21. The Balaban J connectivity index is 1.54. The van der Waals surface area contributed by atoms with Crippen LogP contribution < -0.4 is 4.74 Å². The second kappa shape index (κ2) is 5.89. The third-order valence-electron chi connectivity index (χ3n) is 5.09. The summed E-state index contributed by atoms with van der Waals surface area (Å²) in [5.41, 5.74) is 1.07. The van der Waals surface area contributed by atoms with Crippen LogP contribution in [0.25, 0.3) is 10.9 Å². The number of methoxy groups -OCH3 is 1. The second-order valence-corrected chi connectivity index (χ2v) is 6.36. The van der Waals surface area contributed by atoms with Crippen LogP contribution in [-0.4, -0.2) is 47.8 Å². The van der Waals surface area contributed by atoms with Crippen molar-refractivity contribution in [2.24, 2.45) is 0 Å². The minimum absolute atomic E-state index is 0.193. The number of aromatic nitrogens is 1. The number of rotatable bonds is 3. The van der Waals surface area contributed by atoms with E-state index in [9.17, 15) is 4.79 Å². The zero-order valence-corrected chi connectivity index (χ0v) is 13.4. The van der Waals surface area contributed by atoms with E-state index in [2.05, 4.69) is 0 Å². The summed E-state index contributed by atoms with van der Waals surface area (Å²) < 4.78 is 13.1. The highest BCUT2D eigenvalue weighted by Gasteiger charge is 2.38. The van der Waals surface area contributed by atoms with Gasteiger partial charge in [0.05, 0.1) is 25.9 Å². The Morgan fingerprint density at radius 3 is 3.13 bits per heavy atom. The van der Waals surface area contributed by atoms with E-state index in [-0.39, 0.29) is 18.1 Å². The molecule has 5 heteroatoms. The highest BCUT2D eigenvalue weighted by Crippen LogP contribution is 2.30. The molecule has 0 spiro atoms. The topological polar surface area (TPSA) is 43.7 Å². The molecule has 2 heterocycles. The number of nitrogens with zero attached hydrogens (tertiary/aromatic N) is 2. The fourth-order valence-corrected chi connectivity index (χ4v) is 3.91. The summed E-state index contributed by atoms with van der Waals surface area (Å²) in [5, 5.41) is 1.10. The van der Waals surface area contributed by atoms with Crippen molar-refractivity contribution in [2.75, 3.05) is 20.3 Å². The summed E-state index contributed by atoms with van der Waals surface area (Å²) in [4.78, 5) is 14.8. The molecule has 0 unspecified atom stereocenters. The summed E-state index contributed by atoms with van der Waals surface area (Å²) in [5.74, 6) is 1.03. The lowest BCUT2D eigenvalue weighted by Crippen LogP contribution is -2.52. The third kappa shape index (κ3) is 2.59. The first-order chi connectivity index (χ1) is 11.3. The quantitative estimate of drug-likeness (QED) is 0.874. The predicted molar refractivity (Wildman–Crippen MR) is 87.6 cm³/mol. The summed E-state index contributed by atoms with van der Waals surface area (Å²) in [6.07, 6.45) is 5.54. The van der Waals surface area contributed by atoms with Crippen LogP contribution in [0, 0.1) is 0 Å². The van der Waals surface area contributed by atoms with Gasteiger partial charge in [0.2, 0.25) is 5.91 Å². The first kappa shape index (κ1) is 14.6. The van der Waals surface area contributed by atoms with Gasteiger partial charge in [-0.1, -0.05) is 0 Å². The van der Waals surface area contributed by atoms with E-state index in [0.29, 0.717) is 19.7 Å². The number of morpholine rings is 1. The molecule has 2 aliphatic rings. The van der Waals surface area contributed by atoms with E-state index < -0.39 is 0 Å². The van der Waals surface area contributed by atoms with Crippen molar-refractivity contribution >= 4 is 16.8 Å². The molecule has 5 nitrogen and oxygen atoms in total. The zero-order chi connectivity index (χ0) is 15.8. The number of benzene rings is 1. The Morgan fingerprint density at radius 1 is 1.35 bits per heavy atom. The number of amides is 1. The molecule has 23 heavy (non-hydrogen) atoms. The van der Waals surface area contributed by atoms with Crippen LogP contribution in [0.15, 0.2) is 30.5 Å². The molecule has 2 fully saturated rings. The largest absolute Gasteiger partial charge is 0.497 e. The van der Waals surface area contributed by atoms with Crippen LogP contribution in [0.4, 0.5) is 0 Å². The second-order valence-electron chi connectivity index (χ2n) is 6.36. The molecule has 0 bridgehead atoms. The Labute approximate surface area is 135 Å². The average molecular weight is 314 g/mol. The molecule has 1 aromatic heterocycles. The van der Waals surface area contributed by atoms with Crippen molar-refractivity contribution in [3.63, 3.8) is 0 Å². The first-order valence-corrected chi connectivity index (χ1v) is 8.30. The van der Waals surface area contributed by atoms with Crippen molar-refractivity contribution in [1.82, 2.24) is 9.47 Å². The normalized spacial score (nSPS) is 24.0. The molecule has 1 amide bonds. The maximum atomic E-state index is 12.8. The maximum absolute atomic E-state index is 12.8. The van der Waals surface area contributed by atoms with Crippen LogP contribution in [0.2, 0.25) is 0 Å². The number of hydrogen-bond donors (Lipinski definition) is 0. The van der Waals surface area contributed by atoms with E-state index in [0.717, 1.165) is 35.9 Å². The van der Waals surface area contributed by atoms with E-state index in [1.54, 1.807) is 7.11 Å². The molecule has 4 rings (SSSR count). The summed E-state index contributed by atoms with van der Waals surface area (Å²) in [6.45, 7) is 1.77. The SMILES string of the molecule is COc1ccc2c(ccn2CC(=O)N2CCO[C@H]3CCC[C@H]32)c1. The maximum Gasteiger partial charge on any atom is 0.242 e. The fraction of sp³-hybridized carbons (Fsp3) is 0.500.